The Balaban J connectivity index is 1.56. The van der Waals surface area contributed by atoms with Gasteiger partial charge in [-0.3, -0.25) is 9.59 Å². The monoisotopic (exact) mass is 312 g/mol. The largest absolute Gasteiger partial charge is 0.343 e. The first-order valence-electron chi connectivity index (χ1n) is 7.52. The van der Waals surface area contributed by atoms with E-state index in [1.54, 1.807) is 4.90 Å². The van der Waals surface area contributed by atoms with Gasteiger partial charge < -0.3 is 10.2 Å². The maximum absolute atomic E-state index is 12.8. The summed E-state index contributed by atoms with van der Waals surface area (Å²) in [6.45, 7) is 1.17. The lowest BCUT2D eigenvalue weighted by Gasteiger charge is -2.29. The second-order valence-electron chi connectivity index (χ2n) is 5.52. The number of nitrogens with one attached hydrogen (secondary N) is 1. The molecule has 0 saturated heterocycles. The molecule has 0 radical (unpaired) electrons. The number of nitrogens with zero attached hydrogens (tertiary/aromatic N) is 1. The third-order valence-corrected chi connectivity index (χ3v) is 3.99. The molecule has 2 aromatic rings. The van der Waals surface area contributed by atoms with Crippen molar-refractivity contribution < 1.29 is 14.0 Å². The molecule has 23 heavy (non-hydrogen) atoms. The van der Waals surface area contributed by atoms with E-state index in [0.29, 0.717) is 18.7 Å². The Hall–Kier alpha value is -2.69. The number of hydrogen-bond acceptors (Lipinski definition) is 2. The van der Waals surface area contributed by atoms with E-state index in [-0.39, 0.29) is 18.4 Å². The molecule has 1 aliphatic rings. The molecular formula is C18H17FN2O2. The second kappa shape index (κ2) is 6.60. The van der Waals surface area contributed by atoms with Crippen LogP contribution in [0.2, 0.25) is 0 Å². The van der Waals surface area contributed by atoms with Crippen molar-refractivity contribution in [3.63, 3.8) is 0 Å². The quantitative estimate of drug-likeness (QED) is 0.944. The van der Waals surface area contributed by atoms with Crippen LogP contribution in [0.3, 0.4) is 0 Å². The van der Waals surface area contributed by atoms with Gasteiger partial charge in [0, 0.05) is 18.7 Å². The molecule has 0 saturated carbocycles. The Labute approximate surface area is 133 Å². The third kappa shape index (κ3) is 3.56. The number of benzene rings is 2. The summed E-state index contributed by atoms with van der Waals surface area (Å²) in [4.78, 5) is 25.9. The van der Waals surface area contributed by atoms with E-state index in [2.05, 4.69) is 11.4 Å². The van der Waals surface area contributed by atoms with Crippen LogP contribution in [0.5, 0.6) is 0 Å². The molecule has 0 atom stereocenters. The lowest BCUT2D eigenvalue weighted by Crippen LogP contribution is -2.42. The van der Waals surface area contributed by atoms with Crippen LogP contribution in [0, 0.1) is 5.82 Å². The molecule has 0 bridgehead atoms. The highest BCUT2D eigenvalue weighted by Crippen LogP contribution is 2.18. The van der Waals surface area contributed by atoms with Gasteiger partial charge in [0.15, 0.2) is 0 Å². The van der Waals surface area contributed by atoms with E-state index in [4.69, 9.17) is 0 Å². The van der Waals surface area contributed by atoms with Gasteiger partial charge in [-0.2, -0.15) is 0 Å². The molecule has 5 heteroatoms. The molecule has 0 aromatic heterocycles. The number of carbonyl (C=O) groups is 2. The molecule has 1 N–H and O–H groups in total. The van der Waals surface area contributed by atoms with E-state index in [1.165, 1.54) is 29.8 Å². The molecule has 2 amide bonds. The van der Waals surface area contributed by atoms with Crippen LogP contribution in [0.15, 0.2) is 48.5 Å². The number of rotatable bonds is 3. The van der Waals surface area contributed by atoms with Gasteiger partial charge >= 0.3 is 0 Å². The van der Waals surface area contributed by atoms with Crippen molar-refractivity contribution in [2.45, 2.75) is 13.0 Å². The molecule has 1 aliphatic heterocycles. The molecule has 3 rings (SSSR count). The highest BCUT2D eigenvalue weighted by Gasteiger charge is 2.20. The predicted molar refractivity (Wildman–Crippen MR) is 84.3 cm³/mol. The van der Waals surface area contributed by atoms with Crippen molar-refractivity contribution in [1.82, 2.24) is 10.2 Å². The van der Waals surface area contributed by atoms with Gasteiger partial charge in [0.25, 0.3) is 5.91 Å². The van der Waals surface area contributed by atoms with E-state index < -0.39 is 5.82 Å². The zero-order valence-corrected chi connectivity index (χ0v) is 12.6. The smallest absolute Gasteiger partial charge is 0.251 e. The van der Waals surface area contributed by atoms with Crippen LogP contribution in [0.4, 0.5) is 4.39 Å². The van der Waals surface area contributed by atoms with Crippen molar-refractivity contribution in [1.29, 1.82) is 0 Å². The standard InChI is InChI=1S/C18H17FN2O2/c19-16-7-5-14(6-8-16)18(23)20-11-17(22)21-10-9-13-3-1-2-4-15(13)12-21/h1-8H,9-12H2,(H,20,23). The van der Waals surface area contributed by atoms with E-state index in [9.17, 15) is 14.0 Å². The third-order valence-electron chi connectivity index (χ3n) is 3.99. The maximum Gasteiger partial charge on any atom is 0.251 e. The zero-order valence-electron chi connectivity index (χ0n) is 12.6. The SMILES string of the molecule is O=C(NCC(=O)N1CCc2ccccc2C1)c1ccc(F)cc1. The Morgan fingerprint density at radius 3 is 2.48 bits per heavy atom. The van der Waals surface area contributed by atoms with Crippen LogP contribution in [0.1, 0.15) is 21.5 Å². The van der Waals surface area contributed by atoms with Crippen molar-refractivity contribution in [2.24, 2.45) is 0 Å². The van der Waals surface area contributed by atoms with Crippen LogP contribution >= 0.6 is 0 Å². The summed E-state index contributed by atoms with van der Waals surface area (Å²) in [6.07, 6.45) is 0.827. The first kappa shape index (κ1) is 15.2. The molecule has 4 nitrogen and oxygen atoms in total. The first-order valence-corrected chi connectivity index (χ1v) is 7.52. The fourth-order valence-electron chi connectivity index (χ4n) is 2.68. The number of carbonyl (C=O) groups excluding carboxylic acids is 2. The van der Waals surface area contributed by atoms with Gasteiger partial charge in [0.1, 0.15) is 5.82 Å². The molecular weight excluding hydrogens is 295 g/mol. The lowest BCUT2D eigenvalue weighted by atomic mass is 10.00. The lowest BCUT2D eigenvalue weighted by molar-refractivity contribution is -0.131. The van der Waals surface area contributed by atoms with E-state index >= 15 is 0 Å². The topological polar surface area (TPSA) is 49.4 Å². The van der Waals surface area contributed by atoms with Crippen LogP contribution in [-0.4, -0.2) is 29.8 Å². The number of halogens is 1. The Morgan fingerprint density at radius 2 is 1.74 bits per heavy atom. The molecule has 0 aliphatic carbocycles. The van der Waals surface area contributed by atoms with E-state index in [1.807, 2.05) is 18.2 Å². The summed E-state index contributed by atoms with van der Waals surface area (Å²) >= 11 is 0. The van der Waals surface area contributed by atoms with E-state index in [0.717, 1.165) is 12.0 Å². The number of hydrogen-bond donors (Lipinski definition) is 1. The Morgan fingerprint density at radius 1 is 1.04 bits per heavy atom. The van der Waals surface area contributed by atoms with Gasteiger partial charge in [-0.05, 0) is 41.8 Å². The van der Waals surface area contributed by atoms with Gasteiger partial charge in [-0.25, -0.2) is 4.39 Å². The van der Waals surface area contributed by atoms with Gasteiger partial charge in [-0.15, -0.1) is 0 Å². The number of fused-ring (bicyclic) bond motifs is 1. The zero-order chi connectivity index (χ0) is 16.2. The summed E-state index contributed by atoms with van der Waals surface area (Å²) in [5.74, 6) is -0.893. The minimum absolute atomic E-state index is 0.0572. The molecule has 0 spiro atoms. The number of amides is 2. The van der Waals surface area contributed by atoms with Gasteiger partial charge in [0.05, 0.1) is 6.54 Å². The Bertz CT molecular complexity index is 728. The Kier molecular flexibility index (Phi) is 4.37. The minimum Gasteiger partial charge on any atom is -0.343 e. The van der Waals surface area contributed by atoms with Crippen LogP contribution in [0.25, 0.3) is 0 Å². The summed E-state index contributed by atoms with van der Waals surface area (Å²) in [7, 11) is 0. The molecule has 2 aromatic carbocycles. The highest BCUT2D eigenvalue weighted by molar-refractivity contribution is 5.96. The van der Waals surface area contributed by atoms with Crippen LogP contribution < -0.4 is 5.32 Å². The maximum atomic E-state index is 12.8. The second-order valence-corrected chi connectivity index (χ2v) is 5.52. The predicted octanol–water partition coefficient (Wildman–Crippen LogP) is 2.14. The van der Waals surface area contributed by atoms with Gasteiger partial charge in [0.2, 0.25) is 5.91 Å². The van der Waals surface area contributed by atoms with Crippen LogP contribution in [-0.2, 0) is 17.8 Å². The van der Waals surface area contributed by atoms with Crippen molar-refractivity contribution in [2.75, 3.05) is 13.1 Å². The average Bonchev–Trinajstić information content (AvgIpc) is 2.59. The van der Waals surface area contributed by atoms with Gasteiger partial charge in [-0.1, -0.05) is 24.3 Å². The molecule has 118 valence electrons. The highest BCUT2D eigenvalue weighted by atomic mass is 19.1. The fourth-order valence-corrected chi connectivity index (χ4v) is 2.68. The minimum atomic E-state index is -0.399. The summed E-state index contributed by atoms with van der Waals surface area (Å²) in [5, 5.41) is 2.59. The summed E-state index contributed by atoms with van der Waals surface area (Å²) in [5.41, 5.74) is 2.76. The summed E-state index contributed by atoms with van der Waals surface area (Å²) < 4.78 is 12.8. The normalized spacial score (nSPS) is 13.3. The first-order chi connectivity index (χ1) is 11.1. The summed E-state index contributed by atoms with van der Waals surface area (Å²) in [6, 6.07) is 13.3. The molecule has 0 fully saturated rings. The molecule has 1 heterocycles. The van der Waals surface area contributed by atoms with Crippen molar-refractivity contribution in [3.8, 4) is 0 Å². The van der Waals surface area contributed by atoms with Crippen molar-refractivity contribution >= 4 is 11.8 Å². The fraction of sp³-hybridized carbons (Fsp3) is 0.222. The van der Waals surface area contributed by atoms with Crippen molar-refractivity contribution in [3.05, 3.63) is 71.0 Å². The average molecular weight is 312 g/mol. The molecule has 0 unspecified atom stereocenters.